The first kappa shape index (κ1) is 16.9. The van der Waals surface area contributed by atoms with Gasteiger partial charge in [-0.3, -0.25) is 10.00 Å². The summed E-state index contributed by atoms with van der Waals surface area (Å²) in [7, 11) is 0. The SMILES string of the molecule is CCCc1csc(NC(=O)N2CCOC(c3cnn(CC)c3)C2)n1. The van der Waals surface area contributed by atoms with Gasteiger partial charge in [0, 0.05) is 30.2 Å². The topological polar surface area (TPSA) is 72.3 Å². The van der Waals surface area contributed by atoms with Gasteiger partial charge in [0.2, 0.25) is 0 Å². The third kappa shape index (κ3) is 3.93. The van der Waals surface area contributed by atoms with Crippen LogP contribution in [0.15, 0.2) is 17.8 Å². The van der Waals surface area contributed by atoms with Gasteiger partial charge >= 0.3 is 6.03 Å². The fourth-order valence-electron chi connectivity index (χ4n) is 2.66. The Labute approximate surface area is 145 Å². The molecule has 0 spiro atoms. The monoisotopic (exact) mass is 349 g/mol. The number of thiazole rings is 1. The Morgan fingerprint density at radius 1 is 1.50 bits per heavy atom. The molecule has 3 rings (SSSR count). The molecule has 0 radical (unpaired) electrons. The van der Waals surface area contributed by atoms with Crippen LogP contribution in [0.4, 0.5) is 9.93 Å². The average Bonchev–Trinajstić information content (AvgIpc) is 3.25. The molecule has 0 aromatic carbocycles. The maximum atomic E-state index is 12.5. The number of ether oxygens (including phenoxy) is 1. The van der Waals surface area contributed by atoms with Crippen LogP contribution in [-0.4, -0.2) is 45.4 Å². The van der Waals surface area contributed by atoms with Gasteiger partial charge in [0.25, 0.3) is 0 Å². The smallest absolute Gasteiger partial charge is 0.323 e. The largest absolute Gasteiger partial charge is 0.370 e. The van der Waals surface area contributed by atoms with Crippen LogP contribution in [0.3, 0.4) is 0 Å². The summed E-state index contributed by atoms with van der Waals surface area (Å²) in [6.07, 6.45) is 5.65. The Hall–Kier alpha value is -1.93. The Kier molecular flexibility index (Phi) is 5.47. The predicted octanol–water partition coefficient (Wildman–Crippen LogP) is 2.92. The molecule has 7 nitrogen and oxygen atoms in total. The summed E-state index contributed by atoms with van der Waals surface area (Å²) in [6, 6.07) is -0.122. The number of nitrogens with zero attached hydrogens (tertiary/aromatic N) is 4. The summed E-state index contributed by atoms with van der Waals surface area (Å²) < 4.78 is 7.66. The Balaban J connectivity index is 1.59. The number of rotatable bonds is 5. The number of morpholine rings is 1. The molecule has 3 heterocycles. The molecule has 1 fully saturated rings. The third-order valence-corrected chi connectivity index (χ3v) is 4.78. The van der Waals surface area contributed by atoms with Crippen molar-refractivity contribution in [2.45, 2.75) is 39.3 Å². The van der Waals surface area contributed by atoms with Crippen molar-refractivity contribution in [3.8, 4) is 0 Å². The van der Waals surface area contributed by atoms with Crippen molar-refractivity contribution in [2.24, 2.45) is 0 Å². The van der Waals surface area contributed by atoms with Crippen molar-refractivity contribution in [1.29, 1.82) is 0 Å². The van der Waals surface area contributed by atoms with E-state index in [9.17, 15) is 4.79 Å². The van der Waals surface area contributed by atoms with Gasteiger partial charge in [-0.15, -0.1) is 11.3 Å². The molecule has 1 aliphatic heterocycles. The number of aromatic nitrogens is 3. The molecule has 2 amide bonds. The first-order valence-electron chi connectivity index (χ1n) is 8.33. The van der Waals surface area contributed by atoms with Gasteiger partial charge in [0.05, 0.1) is 25.0 Å². The molecular weight excluding hydrogens is 326 g/mol. The summed E-state index contributed by atoms with van der Waals surface area (Å²) in [4.78, 5) is 18.7. The van der Waals surface area contributed by atoms with E-state index >= 15 is 0 Å². The van der Waals surface area contributed by atoms with Crippen LogP contribution >= 0.6 is 11.3 Å². The number of hydrogen-bond acceptors (Lipinski definition) is 5. The first-order chi connectivity index (χ1) is 11.7. The molecule has 2 aromatic rings. The highest BCUT2D eigenvalue weighted by molar-refractivity contribution is 7.13. The number of hydrogen-bond donors (Lipinski definition) is 1. The quantitative estimate of drug-likeness (QED) is 0.901. The zero-order valence-corrected chi connectivity index (χ0v) is 14.9. The van der Waals surface area contributed by atoms with Crippen molar-refractivity contribution in [3.05, 3.63) is 29.0 Å². The molecular formula is C16H23N5O2S. The lowest BCUT2D eigenvalue weighted by molar-refractivity contribution is -0.0135. The second-order valence-corrected chi connectivity index (χ2v) is 6.62. The van der Waals surface area contributed by atoms with Crippen LogP contribution in [0.25, 0.3) is 0 Å². The van der Waals surface area contributed by atoms with E-state index in [0.29, 0.717) is 24.8 Å². The molecule has 1 N–H and O–H groups in total. The molecule has 1 unspecified atom stereocenters. The number of aryl methyl sites for hydroxylation is 2. The van der Waals surface area contributed by atoms with E-state index < -0.39 is 0 Å². The Bertz CT molecular complexity index is 684. The van der Waals surface area contributed by atoms with Crippen LogP contribution in [0.1, 0.15) is 37.6 Å². The van der Waals surface area contributed by atoms with Crippen molar-refractivity contribution < 1.29 is 9.53 Å². The van der Waals surface area contributed by atoms with E-state index in [4.69, 9.17) is 4.74 Å². The average molecular weight is 349 g/mol. The van der Waals surface area contributed by atoms with E-state index in [1.54, 1.807) is 4.90 Å². The fourth-order valence-corrected chi connectivity index (χ4v) is 3.39. The molecule has 2 aromatic heterocycles. The number of urea groups is 1. The van der Waals surface area contributed by atoms with Gasteiger partial charge in [-0.1, -0.05) is 13.3 Å². The predicted molar refractivity (Wildman–Crippen MR) is 93.3 cm³/mol. The summed E-state index contributed by atoms with van der Waals surface area (Å²) in [5.74, 6) is 0. The van der Waals surface area contributed by atoms with Crippen LogP contribution in [0, 0.1) is 0 Å². The van der Waals surface area contributed by atoms with Gasteiger partial charge in [0.1, 0.15) is 6.10 Å². The number of nitrogens with one attached hydrogen (secondary N) is 1. The van der Waals surface area contributed by atoms with Crippen LogP contribution in [-0.2, 0) is 17.7 Å². The van der Waals surface area contributed by atoms with Gasteiger partial charge < -0.3 is 9.64 Å². The number of amides is 2. The number of carbonyl (C=O) groups excluding carboxylic acids is 1. The van der Waals surface area contributed by atoms with E-state index in [1.807, 2.05) is 29.4 Å². The Morgan fingerprint density at radius 2 is 2.38 bits per heavy atom. The lowest BCUT2D eigenvalue weighted by Crippen LogP contribution is -2.44. The van der Waals surface area contributed by atoms with Crippen LogP contribution in [0.2, 0.25) is 0 Å². The lowest BCUT2D eigenvalue weighted by Gasteiger charge is -2.32. The molecule has 1 saturated heterocycles. The minimum Gasteiger partial charge on any atom is -0.370 e. The summed E-state index contributed by atoms with van der Waals surface area (Å²) in [6.45, 7) is 6.60. The van der Waals surface area contributed by atoms with E-state index in [2.05, 4.69) is 22.3 Å². The second kappa shape index (κ2) is 7.76. The molecule has 0 aliphatic carbocycles. The van der Waals surface area contributed by atoms with Crippen molar-refractivity contribution >= 4 is 22.5 Å². The minimum atomic E-state index is -0.128. The highest BCUT2D eigenvalue weighted by Crippen LogP contribution is 2.23. The molecule has 0 saturated carbocycles. The molecule has 8 heteroatoms. The van der Waals surface area contributed by atoms with Gasteiger partial charge in [-0.2, -0.15) is 5.10 Å². The van der Waals surface area contributed by atoms with Gasteiger partial charge in [-0.05, 0) is 13.3 Å². The lowest BCUT2D eigenvalue weighted by atomic mass is 10.1. The Morgan fingerprint density at radius 3 is 3.12 bits per heavy atom. The number of anilines is 1. The standard InChI is InChI=1S/C16H23N5O2S/c1-3-5-13-11-24-15(18-13)19-16(22)20-6-7-23-14(10-20)12-8-17-21(4-2)9-12/h8-9,11,14H,3-7,10H2,1-2H3,(H,18,19,22). The molecule has 24 heavy (non-hydrogen) atoms. The first-order valence-corrected chi connectivity index (χ1v) is 9.21. The zero-order chi connectivity index (χ0) is 16.9. The maximum Gasteiger partial charge on any atom is 0.323 e. The normalized spacial score (nSPS) is 17.9. The van der Waals surface area contributed by atoms with E-state index in [0.717, 1.165) is 30.6 Å². The van der Waals surface area contributed by atoms with Crippen molar-refractivity contribution in [2.75, 3.05) is 25.0 Å². The third-order valence-electron chi connectivity index (χ3n) is 3.97. The molecule has 0 bridgehead atoms. The molecule has 1 atom stereocenters. The highest BCUT2D eigenvalue weighted by Gasteiger charge is 2.26. The van der Waals surface area contributed by atoms with Crippen molar-refractivity contribution in [3.63, 3.8) is 0 Å². The minimum absolute atomic E-state index is 0.122. The maximum absolute atomic E-state index is 12.5. The molecule has 130 valence electrons. The zero-order valence-electron chi connectivity index (χ0n) is 14.1. The second-order valence-electron chi connectivity index (χ2n) is 5.76. The van der Waals surface area contributed by atoms with Crippen LogP contribution < -0.4 is 5.32 Å². The van der Waals surface area contributed by atoms with Gasteiger partial charge in [-0.25, -0.2) is 9.78 Å². The van der Waals surface area contributed by atoms with E-state index in [1.165, 1.54) is 11.3 Å². The van der Waals surface area contributed by atoms with Crippen molar-refractivity contribution in [1.82, 2.24) is 19.7 Å². The molecule has 1 aliphatic rings. The summed E-state index contributed by atoms with van der Waals surface area (Å²) in [5.41, 5.74) is 2.04. The van der Waals surface area contributed by atoms with Crippen LogP contribution in [0.5, 0.6) is 0 Å². The van der Waals surface area contributed by atoms with E-state index in [-0.39, 0.29) is 12.1 Å². The number of carbonyl (C=O) groups is 1. The van der Waals surface area contributed by atoms with Gasteiger partial charge in [0.15, 0.2) is 5.13 Å². The highest BCUT2D eigenvalue weighted by atomic mass is 32.1. The summed E-state index contributed by atoms with van der Waals surface area (Å²) >= 11 is 1.47. The summed E-state index contributed by atoms with van der Waals surface area (Å²) in [5, 5.41) is 9.83. The fraction of sp³-hybridized carbons (Fsp3) is 0.562.